The van der Waals surface area contributed by atoms with E-state index in [1.807, 2.05) is 12.1 Å². The molecule has 0 atom stereocenters. The molecular weight excluding hydrogens is 579 g/mol. The molecule has 43 heavy (non-hydrogen) atoms. The minimum absolute atomic E-state index is 0.109. The van der Waals surface area contributed by atoms with Crippen LogP contribution in [0.1, 0.15) is 75.3 Å². The Labute approximate surface area is 254 Å². The van der Waals surface area contributed by atoms with E-state index < -0.39 is 29.1 Å². The molecule has 0 heterocycles. The van der Waals surface area contributed by atoms with Gasteiger partial charge in [0.05, 0.1) is 0 Å². The molecular formula is C36H34ClF5O. The van der Waals surface area contributed by atoms with Crippen LogP contribution >= 0.6 is 11.6 Å². The Morgan fingerprint density at radius 3 is 1.93 bits per heavy atom. The summed E-state index contributed by atoms with van der Waals surface area (Å²) in [4.78, 5) is 0. The summed E-state index contributed by atoms with van der Waals surface area (Å²) in [5.74, 6) is -2.78. The molecule has 7 heteroatoms. The molecule has 4 aromatic carbocycles. The van der Waals surface area contributed by atoms with E-state index >= 15 is 4.39 Å². The Hall–Kier alpha value is -3.38. The van der Waals surface area contributed by atoms with E-state index in [9.17, 15) is 17.6 Å². The van der Waals surface area contributed by atoms with Crippen LogP contribution in [0.25, 0.3) is 22.3 Å². The Morgan fingerprint density at radius 2 is 1.33 bits per heavy atom. The van der Waals surface area contributed by atoms with Crippen LogP contribution in [0.2, 0.25) is 5.02 Å². The average Bonchev–Trinajstić information content (AvgIpc) is 2.98. The molecule has 4 aromatic rings. The highest BCUT2D eigenvalue weighted by molar-refractivity contribution is 6.30. The molecule has 1 aliphatic carbocycles. The third kappa shape index (κ3) is 7.41. The molecule has 0 spiro atoms. The molecule has 0 radical (unpaired) electrons. The lowest BCUT2D eigenvalue weighted by Crippen LogP contribution is -2.25. The van der Waals surface area contributed by atoms with Crippen LogP contribution in [-0.2, 0) is 6.11 Å². The van der Waals surface area contributed by atoms with Gasteiger partial charge in [-0.05, 0) is 102 Å². The van der Waals surface area contributed by atoms with Crippen LogP contribution in [0.3, 0.4) is 0 Å². The highest BCUT2D eigenvalue weighted by Crippen LogP contribution is 2.40. The van der Waals surface area contributed by atoms with Crippen molar-refractivity contribution in [3.63, 3.8) is 0 Å². The topological polar surface area (TPSA) is 9.23 Å². The molecule has 226 valence electrons. The number of rotatable bonds is 10. The van der Waals surface area contributed by atoms with Gasteiger partial charge in [-0.3, -0.25) is 0 Å². The summed E-state index contributed by atoms with van der Waals surface area (Å²) in [5.41, 5.74) is 0.833. The van der Waals surface area contributed by atoms with Crippen molar-refractivity contribution in [1.29, 1.82) is 0 Å². The average molecular weight is 613 g/mol. The molecule has 5 rings (SSSR count). The minimum atomic E-state index is -4.32. The van der Waals surface area contributed by atoms with Gasteiger partial charge in [0.15, 0.2) is 0 Å². The largest absolute Gasteiger partial charge is 0.432 e. The van der Waals surface area contributed by atoms with Crippen molar-refractivity contribution in [3.8, 4) is 28.0 Å². The lowest BCUT2D eigenvalue weighted by molar-refractivity contribution is -0.189. The second-order valence-electron chi connectivity index (χ2n) is 11.4. The van der Waals surface area contributed by atoms with Gasteiger partial charge in [0.2, 0.25) is 0 Å². The van der Waals surface area contributed by atoms with Gasteiger partial charge >= 0.3 is 6.11 Å². The normalized spacial score (nSPS) is 17.2. The van der Waals surface area contributed by atoms with E-state index in [1.165, 1.54) is 81.2 Å². The fraction of sp³-hybridized carbons (Fsp3) is 0.333. The fourth-order valence-electron chi connectivity index (χ4n) is 6.05. The first-order valence-corrected chi connectivity index (χ1v) is 15.2. The Bertz CT molecular complexity index is 1500. The monoisotopic (exact) mass is 612 g/mol. The maximum atomic E-state index is 15.2. The van der Waals surface area contributed by atoms with Crippen molar-refractivity contribution in [2.45, 2.75) is 70.3 Å². The van der Waals surface area contributed by atoms with Crippen molar-refractivity contribution in [2.24, 2.45) is 5.92 Å². The van der Waals surface area contributed by atoms with Gasteiger partial charge < -0.3 is 4.74 Å². The SMILES string of the molecule is CCCCCC1CCC(c2ccc(-c3ccc(-c4cc(F)c(C(F)(F)Oc5ccc(Cl)cc5)c(F)c4)c(F)c3)cc2)CC1. The van der Waals surface area contributed by atoms with Crippen LogP contribution in [-0.4, -0.2) is 0 Å². The first kappa shape index (κ1) is 31.1. The number of benzene rings is 4. The summed E-state index contributed by atoms with van der Waals surface area (Å²) >= 11 is 5.74. The maximum absolute atomic E-state index is 15.2. The van der Waals surface area contributed by atoms with Gasteiger partial charge in [0.1, 0.15) is 28.8 Å². The van der Waals surface area contributed by atoms with Crippen molar-refractivity contribution < 1.29 is 26.7 Å². The quantitative estimate of drug-likeness (QED) is 0.128. The summed E-state index contributed by atoms with van der Waals surface area (Å²) in [5, 5.41) is 0.285. The van der Waals surface area contributed by atoms with Crippen molar-refractivity contribution >= 4 is 11.6 Å². The van der Waals surface area contributed by atoms with E-state index in [-0.39, 0.29) is 21.9 Å². The number of halogens is 6. The van der Waals surface area contributed by atoms with Crippen molar-refractivity contribution in [1.82, 2.24) is 0 Å². The maximum Gasteiger partial charge on any atom is 0.432 e. The molecule has 0 aliphatic heterocycles. The number of alkyl halides is 2. The number of ether oxygens (including phenoxy) is 1. The molecule has 0 aromatic heterocycles. The smallest absolute Gasteiger partial charge is 0.429 e. The first-order valence-electron chi connectivity index (χ1n) is 14.9. The molecule has 0 amide bonds. The predicted octanol–water partition coefficient (Wildman–Crippen LogP) is 12.1. The van der Waals surface area contributed by atoms with Gasteiger partial charge in [-0.1, -0.05) is 80.6 Å². The first-order chi connectivity index (χ1) is 20.6. The standard InChI is InChI=1S/C36H34ClF5O/c1-2-3-4-5-23-6-8-24(9-7-23)25-10-12-26(13-11-25)27-14-19-31(32(38)20-27)28-21-33(39)35(34(40)22-28)36(41,42)43-30-17-15-29(37)16-18-30/h10-24H,2-9H2,1H3. The van der Waals surface area contributed by atoms with Crippen LogP contribution in [0, 0.1) is 23.4 Å². The van der Waals surface area contributed by atoms with Gasteiger partial charge in [-0.15, -0.1) is 0 Å². The summed E-state index contributed by atoms with van der Waals surface area (Å²) in [6.45, 7) is 2.23. The van der Waals surface area contributed by atoms with Crippen LogP contribution < -0.4 is 4.74 Å². The van der Waals surface area contributed by atoms with Gasteiger partial charge in [-0.2, -0.15) is 8.78 Å². The summed E-state index contributed by atoms with van der Waals surface area (Å²) in [7, 11) is 0. The van der Waals surface area contributed by atoms with Crippen LogP contribution in [0.15, 0.2) is 78.9 Å². The van der Waals surface area contributed by atoms with Crippen LogP contribution in [0.5, 0.6) is 5.75 Å². The lowest BCUT2D eigenvalue weighted by Gasteiger charge is -2.29. The molecule has 1 aliphatic rings. The van der Waals surface area contributed by atoms with Gasteiger partial charge in [-0.25, -0.2) is 13.2 Å². The Kier molecular flexibility index (Phi) is 9.75. The minimum Gasteiger partial charge on any atom is -0.429 e. The molecule has 0 bridgehead atoms. The Morgan fingerprint density at radius 1 is 0.721 bits per heavy atom. The van der Waals surface area contributed by atoms with E-state index in [0.717, 1.165) is 23.6 Å². The molecule has 1 fully saturated rings. The predicted molar refractivity (Wildman–Crippen MR) is 162 cm³/mol. The second-order valence-corrected chi connectivity index (χ2v) is 11.9. The lowest BCUT2D eigenvalue weighted by atomic mass is 9.77. The zero-order valence-corrected chi connectivity index (χ0v) is 24.7. The van der Waals surface area contributed by atoms with Gasteiger partial charge in [0, 0.05) is 10.6 Å². The fourth-order valence-corrected chi connectivity index (χ4v) is 6.18. The summed E-state index contributed by atoms with van der Waals surface area (Å²) in [6.07, 6.45) is 5.79. The molecule has 0 unspecified atom stereocenters. The van der Waals surface area contributed by atoms with E-state index in [1.54, 1.807) is 6.07 Å². The van der Waals surface area contributed by atoms with Crippen molar-refractivity contribution in [2.75, 3.05) is 0 Å². The molecule has 0 N–H and O–H groups in total. The molecule has 0 saturated heterocycles. The van der Waals surface area contributed by atoms with Gasteiger partial charge in [0.25, 0.3) is 0 Å². The van der Waals surface area contributed by atoms with E-state index in [2.05, 4.69) is 23.8 Å². The zero-order valence-electron chi connectivity index (χ0n) is 24.0. The molecule has 1 saturated carbocycles. The molecule has 1 nitrogen and oxygen atoms in total. The third-order valence-electron chi connectivity index (χ3n) is 8.45. The summed E-state index contributed by atoms with van der Waals surface area (Å²) in [6, 6.07) is 18.8. The second kappa shape index (κ2) is 13.5. The Balaban J connectivity index is 1.28. The number of hydrogen-bond donors (Lipinski definition) is 0. The van der Waals surface area contributed by atoms with Crippen molar-refractivity contribution in [3.05, 3.63) is 112 Å². The number of unbranched alkanes of at least 4 members (excludes halogenated alkanes) is 2. The van der Waals surface area contributed by atoms with E-state index in [0.29, 0.717) is 23.6 Å². The van der Waals surface area contributed by atoms with Crippen LogP contribution in [0.4, 0.5) is 22.0 Å². The number of hydrogen-bond acceptors (Lipinski definition) is 1. The summed E-state index contributed by atoms with van der Waals surface area (Å²) < 4.78 is 79.0. The highest BCUT2D eigenvalue weighted by atomic mass is 35.5. The highest BCUT2D eigenvalue weighted by Gasteiger charge is 2.41. The zero-order chi connectivity index (χ0) is 30.6. The van der Waals surface area contributed by atoms with E-state index in [4.69, 9.17) is 11.6 Å². The third-order valence-corrected chi connectivity index (χ3v) is 8.70.